The van der Waals surface area contributed by atoms with Gasteiger partial charge >= 0.3 is 0 Å². The number of morpholine rings is 1. The number of hydrogen-bond acceptors (Lipinski definition) is 3. The van der Waals surface area contributed by atoms with Crippen LogP contribution < -0.4 is 5.32 Å². The van der Waals surface area contributed by atoms with Gasteiger partial charge in [0.05, 0.1) is 19.3 Å². The predicted molar refractivity (Wildman–Crippen MR) is 119 cm³/mol. The van der Waals surface area contributed by atoms with Gasteiger partial charge in [0.1, 0.15) is 0 Å². The van der Waals surface area contributed by atoms with Crippen molar-refractivity contribution >= 4 is 5.91 Å². The summed E-state index contributed by atoms with van der Waals surface area (Å²) in [6.07, 6.45) is 0. The molecule has 1 aliphatic heterocycles. The molecule has 154 valence electrons. The Balaban J connectivity index is 1.50. The van der Waals surface area contributed by atoms with Crippen molar-refractivity contribution in [1.29, 1.82) is 0 Å². The highest BCUT2D eigenvalue weighted by Crippen LogP contribution is 2.25. The number of carbonyl (C=O) groups is 1. The van der Waals surface area contributed by atoms with Gasteiger partial charge in [0.15, 0.2) is 0 Å². The van der Waals surface area contributed by atoms with Gasteiger partial charge in [-0.15, -0.1) is 0 Å². The van der Waals surface area contributed by atoms with Gasteiger partial charge in [-0.3, -0.25) is 9.69 Å². The highest BCUT2D eigenvalue weighted by Gasteiger charge is 2.19. The van der Waals surface area contributed by atoms with Gasteiger partial charge in [-0.2, -0.15) is 0 Å². The molecule has 3 aromatic rings. The van der Waals surface area contributed by atoms with Gasteiger partial charge in [-0.05, 0) is 41.3 Å². The van der Waals surface area contributed by atoms with Crippen LogP contribution in [0.25, 0.3) is 0 Å². The number of carbonyl (C=O) groups excluding carboxylic acids is 1. The van der Waals surface area contributed by atoms with Gasteiger partial charge in [0.25, 0.3) is 5.91 Å². The number of ether oxygens (including phenoxy) is 1. The van der Waals surface area contributed by atoms with Crippen LogP contribution in [0.4, 0.5) is 0 Å². The molecule has 1 fully saturated rings. The van der Waals surface area contributed by atoms with Crippen molar-refractivity contribution in [3.63, 3.8) is 0 Å². The Hall–Kier alpha value is -2.95. The molecule has 1 atom stereocenters. The smallest absolute Gasteiger partial charge is 0.252 e. The van der Waals surface area contributed by atoms with Gasteiger partial charge in [0.2, 0.25) is 0 Å². The minimum atomic E-state index is -0.187. The zero-order valence-electron chi connectivity index (χ0n) is 17.4. The van der Waals surface area contributed by atoms with E-state index in [0.29, 0.717) is 5.56 Å². The summed E-state index contributed by atoms with van der Waals surface area (Å²) in [6, 6.07) is 26.1. The Bertz CT molecular complexity index is 964. The highest BCUT2D eigenvalue weighted by molar-refractivity contribution is 5.94. The highest BCUT2D eigenvalue weighted by atomic mass is 16.5. The molecule has 1 aliphatic rings. The van der Waals surface area contributed by atoms with Crippen molar-refractivity contribution < 1.29 is 9.53 Å². The molecule has 1 heterocycles. The normalized spacial score (nSPS) is 15.5. The second-order valence-corrected chi connectivity index (χ2v) is 7.76. The van der Waals surface area contributed by atoms with Crippen molar-refractivity contribution in [1.82, 2.24) is 10.2 Å². The van der Waals surface area contributed by atoms with Crippen LogP contribution in [0.15, 0.2) is 78.9 Å². The van der Waals surface area contributed by atoms with Crippen molar-refractivity contribution in [3.05, 3.63) is 107 Å². The molecule has 1 amide bonds. The first-order valence-electron chi connectivity index (χ1n) is 10.5. The van der Waals surface area contributed by atoms with Crippen LogP contribution in [0.2, 0.25) is 0 Å². The molecule has 4 nitrogen and oxygen atoms in total. The molecule has 1 saturated heterocycles. The summed E-state index contributed by atoms with van der Waals surface area (Å²) < 4.78 is 5.41. The number of hydrogen-bond donors (Lipinski definition) is 1. The summed E-state index contributed by atoms with van der Waals surface area (Å²) in [5.74, 6) is -0.0648. The lowest BCUT2D eigenvalue weighted by molar-refractivity contribution is 0.0342. The molecule has 3 aromatic carbocycles. The third-order valence-corrected chi connectivity index (χ3v) is 5.63. The fourth-order valence-electron chi connectivity index (χ4n) is 3.89. The van der Waals surface area contributed by atoms with E-state index in [1.807, 2.05) is 42.5 Å². The third kappa shape index (κ3) is 4.96. The maximum absolute atomic E-state index is 13.1. The standard InChI is InChI=1S/C26H28N2O2/c1-20-7-5-6-10-24(20)25(22-8-3-2-4-9-22)27-26(29)23-13-11-21(12-14-23)19-28-15-17-30-18-16-28/h2-14,25H,15-19H2,1H3,(H,27,29)/t25-/m0/s1. The minimum absolute atomic E-state index is 0.0648. The Labute approximate surface area is 178 Å². The Kier molecular flexibility index (Phi) is 6.57. The Morgan fingerprint density at radius 2 is 1.60 bits per heavy atom. The molecule has 0 unspecified atom stereocenters. The summed E-state index contributed by atoms with van der Waals surface area (Å²) in [4.78, 5) is 15.5. The second kappa shape index (κ2) is 9.70. The maximum atomic E-state index is 13.1. The van der Waals surface area contributed by atoms with Gasteiger partial charge in [-0.1, -0.05) is 66.7 Å². The molecular weight excluding hydrogens is 372 g/mol. The van der Waals surface area contributed by atoms with E-state index in [1.165, 1.54) is 5.56 Å². The van der Waals surface area contributed by atoms with Crippen LogP contribution in [-0.2, 0) is 11.3 Å². The fraction of sp³-hybridized carbons (Fsp3) is 0.269. The summed E-state index contributed by atoms with van der Waals surface area (Å²) in [7, 11) is 0. The largest absolute Gasteiger partial charge is 0.379 e. The first kappa shape index (κ1) is 20.3. The van der Waals surface area contributed by atoms with E-state index < -0.39 is 0 Å². The van der Waals surface area contributed by atoms with E-state index in [1.54, 1.807) is 0 Å². The monoisotopic (exact) mass is 400 g/mol. The number of aryl methyl sites for hydroxylation is 1. The molecule has 4 heteroatoms. The van der Waals surface area contributed by atoms with Gasteiger partial charge in [0, 0.05) is 25.2 Å². The van der Waals surface area contributed by atoms with E-state index in [0.717, 1.165) is 49.5 Å². The number of benzene rings is 3. The average molecular weight is 401 g/mol. The molecule has 30 heavy (non-hydrogen) atoms. The SMILES string of the molecule is Cc1ccccc1[C@@H](NC(=O)c1ccc(CN2CCOCC2)cc1)c1ccccc1. The zero-order chi connectivity index (χ0) is 20.8. The number of nitrogens with zero attached hydrogens (tertiary/aromatic N) is 1. The van der Waals surface area contributed by atoms with E-state index >= 15 is 0 Å². The number of amides is 1. The van der Waals surface area contributed by atoms with Crippen molar-refractivity contribution in [2.24, 2.45) is 0 Å². The van der Waals surface area contributed by atoms with Crippen LogP contribution >= 0.6 is 0 Å². The predicted octanol–water partition coefficient (Wildman–Crippen LogP) is 4.35. The maximum Gasteiger partial charge on any atom is 0.252 e. The zero-order valence-corrected chi connectivity index (χ0v) is 17.4. The lowest BCUT2D eigenvalue weighted by Gasteiger charge is -2.26. The lowest BCUT2D eigenvalue weighted by atomic mass is 9.94. The number of nitrogens with one attached hydrogen (secondary N) is 1. The average Bonchev–Trinajstić information content (AvgIpc) is 2.80. The molecule has 0 aromatic heterocycles. The molecule has 0 saturated carbocycles. The topological polar surface area (TPSA) is 41.6 Å². The molecule has 0 aliphatic carbocycles. The molecule has 0 spiro atoms. The van der Waals surface area contributed by atoms with Crippen molar-refractivity contribution in [3.8, 4) is 0 Å². The third-order valence-electron chi connectivity index (χ3n) is 5.63. The van der Waals surface area contributed by atoms with E-state index in [-0.39, 0.29) is 11.9 Å². The Morgan fingerprint density at radius 1 is 0.933 bits per heavy atom. The summed E-state index contributed by atoms with van der Waals surface area (Å²) in [5, 5.41) is 3.24. The van der Waals surface area contributed by atoms with Crippen molar-refractivity contribution in [2.75, 3.05) is 26.3 Å². The second-order valence-electron chi connectivity index (χ2n) is 7.76. The fourth-order valence-corrected chi connectivity index (χ4v) is 3.89. The van der Waals surface area contributed by atoms with E-state index in [2.05, 4.69) is 53.5 Å². The first-order valence-corrected chi connectivity index (χ1v) is 10.5. The quantitative estimate of drug-likeness (QED) is 0.669. The van der Waals surface area contributed by atoms with E-state index in [9.17, 15) is 4.79 Å². The van der Waals surface area contributed by atoms with Gasteiger partial charge in [-0.25, -0.2) is 0 Å². The summed E-state index contributed by atoms with van der Waals surface area (Å²) in [6.45, 7) is 6.47. The molecule has 4 rings (SSSR count). The molecular formula is C26H28N2O2. The summed E-state index contributed by atoms with van der Waals surface area (Å²) in [5.41, 5.74) is 5.24. The van der Waals surface area contributed by atoms with E-state index in [4.69, 9.17) is 4.74 Å². The van der Waals surface area contributed by atoms with Crippen LogP contribution in [-0.4, -0.2) is 37.1 Å². The van der Waals surface area contributed by atoms with Crippen LogP contribution in [0.3, 0.4) is 0 Å². The van der Waals surface area contributed by atoms with Crippen molar-refractivity contribution in [2.45, 2.75) is 19.5 Å². The number of rotatable bonds is 6. The first-order chi connectivity index (χ1) is 14.7. The summed E-state index contributed by atoms with van der Waals surface area (Å²) >= 11 is 0. The van der Waals surface area contributed by atoms with Crippen LogP contribution in [0.1, 0.15) is 38.7 Å². The molecule has 1 N–H and O–H groups in total. The lowest BCUT2D eigenvalue weighted by Crippen LogP contribution is -2.35. The van der Waals surface area contributed by atoms with Crippen LogP contribution in [0, 0.1) is 6.92 Å². The Morgan fingerprint density at radius 3 is 2.30 bits per heavy atom. The molecule has 0 radical (unpaired) electrons. The van der Waals surface area contributed by atoms with Crippen LogP contribution in [0.5, 0.6) is 0 Å². The molecule has 0 bridgehead atoms. The minimum Gasteiger partial charge on any atom is -0.379 e. The van der Waals surface area contributed by atoms with Gasteiger partial charge < -0.3 is 10.1 Å².